The summed E-state index contributed by atoms with van der Waals surface area (Å²) in [6.45, 7) is 0. The molecular formula is C18H17N3. The summed E-state index contributed by atoms with van der Waals surface area (Å²) in [7, 11) is 0. The van der Waals surface area contributed by atoms with E-state index in [0.29, 0.717) is 5.69 Å². The molecule has 0 fully saturated rings. The van der Waals surface area contributed by atoms with E-state index in [-0.39, 0.29) is 0 Å². The van der Waals surface area contributed by atoms with E-state index in [1.807, 2.05) is 78.9 Å². The molecule has 4 N–H and O–H groups in total. The van der Waals surface area contributed by atoms with Gasteiger partial charge in [0.1, 0.15) is 0 Å². The Morgan fingerprint density at radius 1 is 0.571 bits per heavy atom. The van der Waals surface area contributed by atoms with Crippen LogP contribution in [0.25, 0.3) is 0 Å². The smallest absolute Gasteiger partial charge is 0.0619 e. The number of nitrogen functional groups attached to an aromatic ring is 1. The van der Waals surface area contributed by atoms with Crippen LogP contribution in [0, 0.1) is 0 Å². The summed E-state index contributed by atoms with van der Waals surface area (Å²) in [5.74, 6) is 0. The van der Waals surface area contributed by atoms with Crippen molar-refractivity contribution >= 4 is 28.4 Å². The van der Waals surface area contributed by atoms with Gasteiger partial charge in [-0.15, -0.1) is 0 Å². The van der Waals surface area contributed by atoms with Gasteiger partial charge >= 0.3 is 0 Å². The van der Waals surface area contributed by atoms with Crippen LogP contribution in [0.2, 0.25) is 0 Å². The second-order valence-electron chi connectivity index (χ2n) is 4.78. The van der Waals surface area contributed by atoms with Crippen LogP contribution >= 0.6 is 0 Å². The molecule has 3 rings (SSSR count). The zero-order valence-corrected chi connectivity index (χ0v) is 11.6. The van der Waals surface area contributed by atoms with E-state index in [4.69, 9.17) is 5.73 Å². The zero-order chi connectivity index (χ0) is 14.5. The van der Waals surface area contributed by atoms with Crippen molar-refractivity contribution in [2.75, 3.05) is 16.4 Å². The van der Waals surface area contributed by atoms with Crippen LogP contribution in [0.3, 0.4) is 0 Å². The van der Waals surface area contributed by atoms with Crippen molar-refractivity contribution in [3.8, 4) is 0 Å². The zero-order valence-electron chi connectivity index (χ0n) is 11.6. The fourth-order valence-electron chi connectivity index (χ4n) is 2.12. The predicted octanol–water partition coefficient (Wildman–Crippen LogP) is 4.76. The maximum Gasteiger partial charge on any atom is 0.0619 e. The van der Waals surface area contributed by atoms with Gasteiger partial charge in [-0.3, -0.25) is 0 Å². The monoisotopic (exact) mass is 275 g/mol. The Labute approximate surface area is 124 Å². The molecule has 3 heteroatoms. The molecule has 0 spiro atoms. The Bertz CT molecular complexity index is 709. The minimum Gasteiger partial charge on any atom is -0.397 e. The van der Waals surface area contributed by atoms with Gasteiger partial charge in [0.25, 0.3) is 0 Å². The Kier molecular flexibility index (Phi) is 3.74. The van der Waals surface area contributed by atoms with Crippen molar-refractivity contribution in [2.45, 2.75) is 0 Å². The molecule has 0 saturated carbocycles. The van der Waals surface area contributed by atoms with Gasteiger partial charge < -0.3 is 16.4 Å². The summed E-state index contributed by atoms with van der Waals surface area (Å²) < 4.78 is 0. The Morgan fingerprint density at radius 2 is 1.14 bits per heavy atom. The van der Waals surface area contributed by atoms with E-state index in [1.54, 1.807) is 0 Å². The fourth-order valence-corrected chi connectivity index (χ4v) is 2.12. The third-order valence-corrected chi connectivity index (χ3v) is 3.17. The first-order valence-corrected chi connectivity index (χ1v) is 6.85. The molecule has 0 aliphatic rings. The lowest BCUT2D eigenvalue weighted by Gasteiger charge is -2.12. The van der Waals surface area contributed by atoms with Crippen molar-refractivity contribution in [2.24, 2.45) is 0 Å². The van der Waals surface area contributed by atoms with E-state index in [1.165, 1.54) is 0 Å². The van der Waals surface area contributed by atoms with Crippen LogP contribution in [-0.2, 0) is 0 Å². The Balaban J connectivity index is 1.77. The molecule has 3 aromatic rings. The predicted molar refractivity (Wildman–Crippen MR) is 90.3 cm³/mol. The fraction of sp³-hybridized carbons (Fsp3) is 0. The highest BCUT2D eigenvalue weighted by Crippen LogP contribution is 2.27. The van der Waals surface area contributed by atoms with Gasteiger partial charge in [-0.05, 0) is 42.5 Å². The molecule has 3 aromatic carbocycles. The van der Waals surface area contributed by atoms with E-state index < -0.39 is 0 Å². The lowest BCUT2D eigenvalue weighted by molar-refractivity contribution is 1.51. The molecule has 0 saturated heterocycles. The molecule has 0 radical (unpaired) electrons. The van der Waals surface area contributed by atoms with E-state index >= 15 is 0 Å². The number of hydrogen-bond donors (Lipinski definition) is 3. The largest absolute Gasteiger partial charge is 0.397 e. The summed E-state index contributed by atoms with van der Waals surface area (Å²) >= 11 is 0. The number of hydrogen-bond acceptors (Lipinski definition) is 3. The summed E-state index contributed by atoms with van der Waals surface area (Å²) in [6.07, 6.45) is 0. The first-order valence-electron chi connectivity index (χ1n) is 6.85. The third kappa shape index (κ3) is 3.34. The quantitative estimate of drug-likeness (QED) is 0.602. The van der Waals surface area contributed by atoms with Gasteiger partial charge in [-0.1, -0.05) is 36.4 Å². The Morgan fingerprint density at radius 3 is 1.71 bits per heavy atom. The molecule has 104 valence electrons. The number of benzene rings is 3. The number of nitrogens with one attached hydrogen (secondary N) is 2. The second-order valence-corrected chi connectivity index (χ2v) is 4.78. The van der Waals surface area contributed by atoms with Gasteiger partial charge in [0.2, 0.25) is 0 Å². The second kappa shape index (κ2) is 6.01. The number of para-hydroxylation sites is 2. The SMILES string of the molecule is Nc1cc(Nc2ccccc2)ccc1Nc1ccccc1. The van der Waals surface area contributed by atoms with Gasteiger partial charge in [0.15, 0.2) is 0 Å². The highest BCUT2D eigenvalue weighted by Gasteiger charge is 2.02. The minimum absolute atomic E-state index is 0.708. The van der Waals surface area contributed by atoms with Crippen LogP contribution in [0.1, 0.15) is 0 Å². The topological polar surface area (TPSA) is 50.1 Å². The highest BCUT2D eigenvalue weighted by molar-refractivity contribution is 5.77. The standard InChI is InChI=1S/C18H17N3/c19-17-13-16(20-14-7-3-1-4-8-14)11-12-18(17)21-15-9-5-2-6-10-15/h1-13,20-21H,19H2. The highest BCUT2D eigenvalue weighted by atomic mass is 14.9. The first kappa shape index (κ1) is 13.1. The van der Waals surface area contributed by atoms with E-state index in [0.717, 1.165) is 22.7 Å². The van der Waals surface area contributed by atoms with Crippen molar-refractivity contribution in [1.29, 1.82) is 0 Å². The summed E-state index contributed by atoms with van der Waals surface area (Å²) in [4.78, 5) is 0. The maximum atomic E-state index is 6.12. The molecule has 0 aromatic heterocycles. The molecule has 0 bridgehead atoms. The minimum atomic E-state index is 0.708. The molecule has 0 amide bonds. The molecule has 0 heterocycles. The van der Waals surface area contributed by atoms with Crippen molar-refractivity contribution < 1.29 is 0 Å². The lowest BCUT2D eigenvalue weighted by atomic mass is 10.2. The molecular weight excluding hydrogens is 258 g/mol. The van der Waals surface area contributed by atoms with Crippen LogP contribution in [0.4, 0.5) is 28.4 Å². The first-order chi connectivity index (χ1) is 10.3. The van der Waals surface area contributed by atoms with Crippen LogP contribution in [0.5, 0.6) is 0 Å². The molecule has 0 aliphatic heterocycles. The van der Waals surface area contributed by atoms with E-state index in [2.05, 4.69) is 10.6 Å². The van der Waals surface area contributed by atoms with Crippen molar-refractivity contribution in [3.05, 3.63) is 78.9 Å². The number of rotatable bonds is 4. The lowest BCUT2D eigenvalue weighted by Crippen LogP contribution is -1.98. The van der Waals surface area contributed by atoms with Gasteiger partial charge in [-0.2, -0.15) is 0 Å². The molecule has 0 aliphatic carbocycles. The van der Waals surface area contributed by atoms with E-state index in [9.17, 15) is 0 Å². The average Bonchev–Trinajstić information content (AvgIpc) is 2.52. The van der Waals surface area contributed by atoms with Gasteiger partial charge in [0.05, 0.1) is 11.4 Å². The molecule has 21 heavy (non-hydrogen) atoms. The average molecular weight is 275 g/mol. The summed E-state index contributed by atoms with van der Waals surface area (Å²) in [5, 5.41) is 6.64. The van der Waals surface area contributed by atoms with Crippen LogP contribution in [0.15, 0.2) is 78.9 Å². The normalized spacial score (nSPS) is 10.1. The summed E-state index contributed by atoms with van der Waals surface area (Å²) in [6, 6.07) is 25.9. The van der Waals surface area contributed by atoms with Gasteiger partial charge in [-0.25, -0.2) is 0 Å². The summed E-state index contributed by atoms with van der Waals surface area (Å²) in [5.41, 5.74) is 10.8. The molecule has 3 nitrogen and oxygen atoms in total. The van der Waals surface area contributed by atoms with Crippen molar-refractivity contribution in [1.82, 2.24) is 0 Å². The van der Waals surface area contributed by atoms with Crippen molar-refractivity contribution in [3.63, 3.8) is 0 Å². The van der Waals surface area contributed by atoms with Crippen LogP contribution in [-0.4, -0.2) is 0 Å². The molecule has 0 unspecified atom stereocenters. The number of anilines is 5. The maximum absolute atomic E-state index is 6.12. The van der Waals surface area contributed by atoms with Crippen LogP contribution < -0.4 is 16.4 Å². The number of nitrogens with two attached hydrogens (primary N) is 1. The Hall–Kier alpha value is -2.94. The third-order valence-electron chi connectivity index (χ3n) is 3.17. The van der Waals surface area contributed by atoms with Gasteiger partial charge in [0, 0.05) is 17.1 Å². The molecule has 0 atom stereocenters.